The van der Waals surface area contributed by atoms with Gasteiger partial charge in [-0.15, -0.1) is 11.8 Å². The quantitative estimate of drug-likeness (QED) is 0.714. The summed E-state index contributed by atoms with van der Waals surface area (Å²) >= 11 is 1.65. The molecular weight excluding hydrogens is 384 g/mol. The van der Waals surface area contributed by atoms with Gasteiger partial charge in [0.15, 0.2) is 0 Å². The van der Waals surface area contributed by atoms with Gasteiger partial charge in [-0.2, -0.15) is 4.31 Å². The van der Waals surface area contributed by atoms with E-state index in [-0.39, 0.29) is 22.8 Å². The predicted molar refractivity (Wildman–Crippen MR) is 106 cm³/mol. The Morgan fingerprint density at radius 2 is 1.81 bits per heavy atom. The number of ether oxygens (including phenoxy) is 1. The van der Waals surface area contributed by atoms with Crippen LogP contribution in [0.5, 0.6) is 5.75 Å². The van der Waals surface area contributed by atoms with Gasteiger partial charge >= 0.3 is 0 Å². The van der Waals surface area contributed by atoms with E-state index >= 15 is 0 Å². The predicted octanol–water partition coefficient (Wildman–Crippen LogP) is 2.87. The van der Waals surface area contributed by atoms with E-state index in [1.807, 2.05) is 30.5 Å². The zero-order valence-electron chi connectivity index (χ0n) is 15.1. The number of nitrogens with two attached hydrogens (primary N) is 1. The minimum atomic E-state index is -3.62. The van der Waals surface area contributed by atoms with Crippen LogP contribution < -0.4 is 10.5 Å². The molecule has 8 heteroatoms. The third kappa shape index (κ3) is 4.45. The number of hydrogen-bond acceptors (Lipinski definition) is 5. The van der Waals surface area contributed by atoms with Gasteiger partial charge in [-0.25, -0.2) is 8.42 Å². The highest BCUT2D eigenvalue weighted by molar-refractivity contribution is 7.98. The molecule has 1 aliphatic heterocycles. The third-order valence-electron chi connectivity index (χ3n) is 4.47. The van der Waals surface area contributed by atoms with Crippen molar-refractivity contribution >= 4 is 27.7 Å². The molecule has 6 nitrogen and oxygen atoms in total. The first-order valence-electron chi connectivity index (χ1n) is 8.61. The molecule has 2 N–H and O–H groups in total. The molecule has 1 heterocycles. The first kappa shape index (κ1) is 19.7. The van der Waals surface area contributed by atoms with E-state index in [1.54, 1.807) is 11.8 Å². The van der Waals surface area contributed by atoms with Crippen molar-refractivity contribution < 1.29 is 17.9 Å². The second-order valence-corrected chi connectivity index (χ2v) is 9.09. The van der Waals surface area contributed by atoms with Crippen LogP contribution in [0.1, 0.15) is 28.8 Å². The molecule has 3 rings (SSSR count). The minimum Gasteiger partial charge on any atom is -0.488 e. The summed E-state index contributed by atoms with van der Waals surface area (Å²) in [6.45, 7) is 1.25. The highest BCUT2D eigenvalue weighted by atomic mass is 32.2. The number of primary amides is 1. The molecule has 2 aromatic rings. The Morgan fingerprint density at radius 1 is 1.15 bits per heavy atom. The Labute approximate surface area is 163 Å². The van der Waals surface area contributed by atoms with Crippen molar-refractivity contribution in [3.05, 3.63) is 53.6 Å². The van der Waals surface area contributed by atoms with Gasteiger partial charge in [0.05, 0.1) is 10.5 Å². The van der Waals surface area contributed by atoms with Crippen LogP contribution in [0.3, 0.4) is 0 Å². The van der Waals surface area contributed by atoms with E-state index in [2.05, 4.69) is 0 Å². The van der Waals surface area contributed by atoms with Gasteiger partial charge in [0.1, 0.15) is 12.4 Å². The first-order valence-corrected chi connectivity index (χ1v) is 11.3. The summed E-state index contributed by atoms with van der Waals surface area (Å²) in [5, 5.41) is 0. The SMILES string of the molecule is CSc1ccc(COc2ccc(S(=O)(=O)N3CCCC3)cc2C(N)=O)cc1. The Bertz CT molecular complexity index is 921. The first-order chi connectivity index (χ1) is 12.9. The Balaban J connectivity index is 1.82. The summed E-state index contributed by atoms with van der Waals surface area (Å²) in [5.74, 6) is -0.446. The number of sulfonamides is 1. The van der Waals surface area contributed by atoms with Crippen molar-refractivity contribution in [1.82, 2.24) is 4.31 Å². The molecule has 0 bridgehead atoms. The van der Waals surface area contributed by atoms with E-state index in [4.69, 9.17) is 10.5 Å². The van der Waals surface area contributed by atoms with Crippen molar-refractivity contribution in [3.8, 4) is 5.75 Å². The molecule has 1 aliphatic rings. The molecule has 0 saturated carbocycles. The summed E-state index contributed by atoms with van der Waals surface area (Å²) in [6.07, 6.45) is 3.69. The molecular formula is C19H22N2O4S2. The molecule has 0 aliphatic carbocycles. The molecule has 144 valence electrons. The van der Waals surface area contributed by atoms with Crippen molar-refractivity contribution in [2.24, 2.45) is 5.73 Å². The van der Waals surface area contributed by atoms with Crippen molar-refractivity contribution in [1.29, 1.82) is 0 Å². The number of carbonyl (C=O) groups is 1. The molecule has 0 radical (unpaired) electrons. The average molecular weight is 407 g/mol. The van der Waals surface area contributed by atoms with E-state index in [0.29, 0.717) is 13.1 Å². The van der Waals surface area contributed by atoms with Gasteiger partial charge in [0.2, 0.25) is 10.0 Å². The normalized spacial score (nSPS) is 15.0. The lowest BCUT2D eigenvalue weighted by molar-refractivity contribution is 0.0995. The van der Waals surface area contributed by atoms with Gasteiger partial charge < -0.3 is 10.5 Å². The topological polar surface area (TPSA) is 89.7 Å². The fourth-order valence-corrected chi connectivity index (χ4v) is 4.90. The lowest BCUT2D eigenvalue weighted by Gasteiger charge is -2.17. The summed E-state index contributed by atoms with van der Waals surface area (Å²) in [6, 6.07) is 12.1. The van der Waals surface area contributed by atoms with Gasteiger partial charge in [0, 0.05) is 18.0 Å². The number of rotatable bonds is 7. The molecule has 2 aromatic carbocycles. The second-order valence-electron chi connectivity index (χ2n) is 6.27. The van der Waals surface area contributed by atoms with Crippen LogP contribution in [0, 0.1) is 0 Å². The summed E-state index contributed by atoms with van der Waals surface area (Å²) in [4.78, 5) is 13.1. The van der Waals surface area contributed by atoms with Gasteiger partial charge in [-0.1, -0.05) is 12.1 Å². The number of thioether (sulfide) groups is 1. The maximum atomic E-state index is 12.7. The maximum Gasteiger partial charge on any atom is 0.252 e. The second kappa shape index (κ2) is 8.33. The fourth-order valence-electron chi connectivity index (χ4n) is 2.95. The van der Waals surface area contributed by atoms with E-state index in [0.717, 1.165) is 23.3 Å². The van der Waals surface area contributed by atoms with E-state index < -0.39 is 15.9 Å². The molecule has 0 atom stereocenters. The van der Waals surface area contributed by atoms with Crippen molar-refractivity contribution in [2.75, 3.05) is 19.3 Å². The van der Waals surface area contributed by atoms with Gasteiger partial charge in [-0.3, -0.25) is 4.79 Å². The summed E-state index contributed by atoms with van der Waals surface area (Å²) in [5.41, 5.74) is 6.46. The van der Waals surface area contributed by atoms with Crippen LogP contribution in [0.25, 0.3) is 0 Å². The zero-order valence-corrected chi connectivity index (χ0v) is 16.7. The lowest BCUT2D eigenvalue weighted by Crippen LogP contribution is -2.28. The highest BCUT2D eigenvalue weighted by Gasteiger charge is 2.28. The van der Waals surface area contributed by atoms with Crippen LogP contribution in [0.4, 0.5) is 0 Å². The van der Waals surface area contributed by atoms with Crippen LogP contribution in [0.2, 0.25) is 0 Å². The van der Waals surface area contributed by atoms with Crippen LogP contribution >= 0.6 is 11.8 Å². The van der Waals surface area contributed by atoms with Crippen molar-refractivity contribution in [2.45, 2.75) is 29.2 Å². The molecule has 1 amide bonds. The van der Waals surface area contributed by atoms with Crippen LogP contribution in [-0.2, 0) is 16.6 Å². The minimum absolute atomic E-state index is 0.0647. The molecule has 0 spiro atoms. The smallest absolute Gasteiger partial charge is 0.252 e. The number of benzene rings is 2. The fraction of sp³-hybridized carbons (Fsp3) is 0.316. The standard InChI is InChI=1S/C19H22N2O4S2/c1-26-15-6-4-14(5-7-15)13-25-18-9-8-16(12-17(18)19(20)22)27(23,24)21-10-2-3-11-21/h4-9,12H,2-3,10-11,13H2,1H3,(H2,20,22). The molecule has 27 heavy (non-hydrogen) atoms. The maximum absolute atomic E-state index is 12.7. The molecule has 1 fully saturated rings. The molecule has 0 aromatic heterocycles. The van der Waals surface area contributed by atoms with Crippen LogP contribution in [-0.4, -0.2) is 38.0 Å². The van der Waals surface area contributed by atoms with E-state index in [1.165, 1.54) is 22.5 Å². The van der Waals surface area contributed by atoms with Crippen LogP contribution in [0.15, 0.2) is 52.3 Å². The van der Waals surface area contributed by atoms with Crippen molar-refractivity contribution in [3.63, 3.8) is 0 Å². The largest absolute Gasteiger partial charge is 0.488 e. The number of carbonyl (C=O) groups excluding carboxylic acids is 1. The third-order valence-corrected chi connectivity index (χ3v) is 7.11. The Morgan fingerprint density at radius 3 is 2.41 bits per heavy atom. The van der Waals surface area contributed by atoms with Gasteiger partial charge in [-0.05, 0) is 55.0 Å². The number of nitrogens with zero attached hydrogens (tertiary/aromatic N) is 1. The highest BCUT2D eigenvalue weighted by Crippen LogP contribution is 2.27. The average Bonchev–Trinajstić information content (AvgIpc) is 3.22. The Kier molecular flexibility index (Phi) is 6.08. The zero-order chi connectivity index (χ0) is 19.4. The van der Waals surface area contributed by atoms with Gasteiger partial charge in [0.25, 0.3) is 5.91 Å². The lowest BCUT2D eigenvalue weighted by atomic mass is 10.2. The molecule has 0 unspecified atom stereocenters. The monoisotopic (exact) mass is 406 g/mol. The summed E-state index contributed by atoms with van der Waals surface area (Å²) in [7, 11) is -3.62. The Hall–Kier alpha value is -2.03. The van der Waals surface area contributed by atoms with E-state index in [9.17, 15) is 13.2 Å². The number of amides is 1. The molecule has 1 saturated heterocycles. The number of hydrogen-bond donors (Lipinski definition) is 1. The summed E-state index contributed by atoms with van der Waals surface area (Å²) < 4.78 is 32.5.